The summed E-state index contributed by atoms with van der Waals surface area (Å²) >= 11 is 6.00. The minimum atomic E-state index is -2.94. The number of amides is 1. The lowest BCUT2D eigenvalue weighted by molar-refractivity contribution is -0.0498. The van der Waals surface area contributed by atoms with Crippen LogP contribution in [0.3, 0.4) is 0 Å². The molecule has 0 bridgehead atoms. The second-order valence-electron chi connectivity index (χ2n) is 4.37. The standard InChI is InChI=1S/C14H14ClF2N3O2/c1-2-20-8-11(15)12(19-20)7-18-13(21)9-4-3-5-10(6-9)22-14(16)17/h3-6,8,14H,2,7H2,1H3,(H,18,21). The molecular formula is C14H14ClF2N3O2. The zero-order valence-electron chi connectivity index (χ0n) is 11.7. The van der Waals surface area contributed by atoms with Crippen LogP contribution in [0.2, 0.25) is 5.02 Å². The molecule has 1 heterocycles. The van der Waals surface area contributed by atoms with Crippen molar-refractivity contribution in [2.24, 2.45) is 0 Å². The van der Waals surface area contributed by atoms with E-state index < -0.39 is 12.5 Å². The topological polar surface area (TPSA) is 56.2 Å². The predicted octanol–water partition coefficient (Wildman–Crippen LogP) is 3.09. The Morgan fingerprint density at radius 3 is 2.91 bits per heavy atom. The molecule has 118 valence electrons. The molecule has 0 aliphatic rings. The third kappa shape index (κ3) is 4.17. The van der Waals surface area contributed by atoms with E-state index in [1.165, 1.54) is 24.3 Å². The second kappa shape index (κ2) is 7.22. The quantitative estimate of drug-likeness (QED) is 0.886. The van der Waals surface area contributed by atoms with Gasteiger partial charge in [0.1, 0.15) is 11.4 Å². The van der Waals surface area contributed by atoms with E-state index in [9.17, 15) is 13.6 Å². The molecule has 22 heavy (non-hydrogen) atoms. The highest BCUT2D eigenvalue weighted by atomic mass is 35.5. The second-order valence-corrected chi connectivity index (χ2v) is 4.78. The van der Waals surface area contributed by atoms with Crippen molar-refractivity contribution in [1.82, 2.24) is 15.1 Å². The molecule has 1 aromatic heterocycles. The van der Waals surface area contributed by atoms with Crippen LogP contribution in [0.4, 0.5) is 8.78 Å². The van der Waals surface area contributed by atoms with Gasteiger partial charge in [-0.05, 0) is 25.1 Å². The van der Waals surface area contributed by atoms with Crippen LogP contribution in [0.5, 0.6) is 5.75 Å². The number of nitrogens with one attached hydrogen (secondary N) is 1. The Hall–Kier alpha value is -2.15. The molecule has 0 radical (unpaired) electrons. The molecule has 5 nitrogen and oxygen atoms in total. The number of alkyl halides is 2. The van der Waals surface area contributed by atoms with Gasteiger partial charge in [-0.2, -0.15) is 13.9 Å². The first-order valence-corrected chi connectivity index (χ1v) is 6.92. The number of rotatable bonds is 6. The number of aromatic nitrogens is 2. The van der Waals surface area contributed by atoms with Crippen molar-refractivity contribution in [2.75, 3.05) is 0 Å². The lowest BCUT2D eigenvalue weighted by Gasteiger charge is -2.07. The van der Waals surface area contributed by atoms with Crippen molar-refractivity contribution in [1.29, 1.82) is 0 Å². The van der Waals surface area contributed by atoms with E-state index in [4.69, 9.17) is 11.6 Å². The van der Waals surface area contributed by atoms with E-state index in [0.29, 0.717) is 17.3 Å². The van der Waals surface area contributed by atoms with Gasteiger partial charge in [0, 0.05) is 18.3 Å². The SMILES string of the molecule is CCn1cc(Cl)c(CNC(=O)c2cccc(OC(F)F)c2)n1. The lowest BCUT2D eigenvalue weighted by Crippen LogP contribution is -2.23. The summed E-state index contributed by atoms with van der Waals surface area (Å²) in [6.07, 6.45) is 1.67. The summed E-state index contributed by atoms with van der Waals surface area (Å²) in [6, 6.07) is 5.56. The van der Waals surface area contributed by atoms with Gasteiger partial charge in [0.05, 0.1) is 11.6 Å². The largest absolute Gasteiger partial charge is 0.435 e. The number of halogens is 3. The molecule has 0 saturated carbocycles. The van der Waals surface area contributed by atoms with Crippen LogP contribution in [0.15, 0.2) is 30.5 Å². The number of ether oxygens (including phenoxy) is 1. The minimum absolute atomic E-state index is 0.0732. The normalized spacial score (nSPS) is 10.8. The van der Waals surface area contributed by atoms with E-state index in [-0.39, 0.29) is 17.9 Å². The number of benzene rings is 1. The van der Waals surface area contributed by atoms with Crippen molar-refractivity contribution in [3.05, 3.63) is 46.7 Å². The first-order valence-electron chi connectivity index (χ1n) is 6.54. The van der Waals surface area contributed by atoms with Crippen LogP contribution < -0.4 is 10.1 Å². The molecule has 1 amide bonds. The third-order valence-electron chi connectivity index (χ3n) is 2.85. The van der Waals surface area contributed by atoms with Crippen molar-refractivity contribution in [2.45, 2.75) is 26.6 Å². The van der Waals surface area contributed by atoms with Gasteiger partial charge in [0.15, 0.2) is 0 Å². The zero-order valence-corrected chi connectivity index (χ0v) is 12.5. The molecule has 1 N–H and O–H groups in total. The van der Waals surface area contributed by atoms with Gasteiger partial charge in [0.2, 0.25) is 0 Å². The van der Waals surface area contributed by atoms with Gasteiger partial charge in [-0.1, -0.05) is 17.7 Å². The Labute approximate surface area is 130 Å². The van der Waals surface area contributed by atoms with Gasteiger partial charge >= 0.3 is 6.61 Å². The third-order valence-corrected chi connectivity index (χ3v) is 3.16. The fourth-order valence-electron chi connectivity index (χ4n) is 1.80. The number of hydrogen-bond acceptors (Lipinski definition) is 3. The Balaban J connectivity index is 2.01. The Kier molecular flexibility index (Phi) is 5.32. The molecule has 8 heteroatoms. The summed E-state index contributed by atoms with van der Waals surface area (Å²) in [5, 5.41) is 7.28. The molecule has 0 aliphatic heterocycles. The number of carbonyl (C=O) groups is 1. The zero-order chi connectivity index (χ0) is 16.1. The maximum Gasteiger partial charge on any atom is 0.387 e. The fourth-order valence-corrected chi connectivity index (χ4v) is 2.02. The summed E-state index contributed by atoms with van der Waals surface area (Å²) in [5.41, 5.74) is 0.751. The van der Waals surface area contributed by atoms with Crippen LogP contribution in [0, 0.1) is 0 Å². The molecule has 1 aromatic carbocycles. The van der Waals surface area contributed by atoms with E-state index in [1.807, 2.05) is 6.92 Å². The van der Waals surface area contributed by atoms with Crippen molar-refractivity contribution in [3.8, 4) is 5.75 Å². The van der Waals surface area contributed by atoms with E-state index in [1.54, 1.807) is 10.9 Å². The molecule has 0 saturated heterocycles. The molecule has 0 fully saturated rings. The van der Waals surface area contributed by atoms with Crippen molar-refractivity contribution >= 4 is 17.5 Å². The summed E-state index contributed by atoms with van der Waals surface area (Å²) in [5.74, 6) is -0.502. The molecular weight excluding hydrogens is 316 g/mol. The molecule has 0 spiro atoms. The van der Waals surface area contributed by atoms with Crippen LogP contribution in [-0.4, -0.2) is 22.3 Å². The highest BCUT2D eigenvalue weighted by molar-refractivity contribution is 6.31. The first kappa shape index (κ1) is 16.2. The highest BCUT2D eigenvalue weighted by Crippen LogP contribution is 2.17. The van der Waals surface area contributed by atoms with Crippen LogP contribution in [0.25, 0.3) is 0 Å². The van der Waals surface area contributed by atoms with E-state index in [2.05, 4.69) is 15.2 Å². The number of nitrogens with zero attached hydrogens (tertiary/aromatic N) is 2. The Morgan fingerprint density at radius 2 is 2.27 bits per heavy atom. The molecule has 0 atom stereocenters. The van der Waals surface area contributed by atoms with Gasteiger partial charge < -0.3 is 10.1 Å². The molecule has 2 aromatic rings. The summed E-state index contributed by atoms with van der Waals surface area (Å²) < 4.78 is 30.2. The Morgan fingerprint density at radius 1 is 1.50 bits per heavy atom. The van der Waals surface area contributed by atoms with Gasteiger partial charge in [-0.25, -0.2) is 0 Å². The number of carbonyl (C=O) groups excluding carboxylic acids is 1. The first-order chi connectivity index (χ1) is 10.5. The predicted molar refractivity (Wildman–Crippen MR) is 77.2 cm³/mol. The van der Waals surface area contributed by atoms with Crippen molar-refractivity contribution < 1.29 is 18.3 Å². The van der Waals surface area contributed by atoms with Crippen LogP contribution in [-0.2, 0) is 13.1 Å². The van der Waals surface area contributed by atoms with E-state index in [0.717, 1.165) is 0 Å². The fraction of sp³-hybridized carbons (Fsp3) is 0.286. The monoisotopic (exact) mass is 329 g/mol. The summed E-state index contributed by atoms with van der Waals surface area (Å²) in [7, 11) is 0. The summed E-state index contributed by atoms with van der Waals surface area (Å²) in [6.45, 7) is -0.207. The van der Waals surface area contributed by atoms with Crippen LogP contribution >= 0.6 is 11.6 Å². The number of hydrogen-bond donors (Lipinski definition) is 1. The average molecular weight is 330 g/mol. The van der Waals surface area contributed by atoms with Gasteiger partial charge in [-0.3, -0.25) is 9.48 Å². The maximum absolute atomic E-state index is 12.2. The van der Waals surface area contributed by atoms with Crippen LogP contribution in [0.1, 0.15) is 23.0 Å². The highest BCUT2D eigenvalue weighted by Gasteiger charge is 2.11. The van der Waals surface area contributed by atoms with Gasteiger partial charge in [-0.15, -0.1) is 0 Å². The minimum Gasteiger partial charge on any atom is -0.435 e. The Bertz CT molecular complexity index is 661. The molecule has 0 aliphatic carbocycles. The van der Waals surface area contributed by atoms with E-state index >= 15 is 0 Å². The smallest absolute Gasteiger partial charge is 0.387 e. The van der Waals surface area contributed by atoms with Gasteiger partial charge in [0.25, 0.3) is 5.91 Å². The molecule has 2 rings (SSSR count). The summed E-state index contributed by atoms with van der Waals surface area (Å²) in [4.78, 5) is 12.0. The van der Waals surface area contributed by atoms with Crippen molar-refractivity contribution in [3.63, 3.8) is 0 Å². The number of aryl methyl sites for hydroxylation is 1. The lowest BCUT2D eigenvalue weighted by atomic mass is 10.2. The average Bonchev–Trinajstić information content (AvgIpc) is 2.85. The maximum atomic E-state index is 12.2. The molecule has 0 unspecified atom stereocenters.